The summed E-state index contributed by atoms with van der Waals surface area (Å²) in [5, 5.41) is 18.5. The van der Waals surface area contributed by atoms with Crippen LogP contribution in [-0.4, -0.2) is 28.3 Å². The molecule has 0 saturated carbocycles. The molecule has 0 saturated heterocycles. The van der Waals surface area contributed by atoms with E-state index in [1.165, 1.54) is 0 Å². The topological polar surface area (TPSA) is 92.7 Å². The van der Waals surface area contributed by atoms with Gasteiger partial charge in [0, 0.05) is 25.8 Å². The molecule has 2 aromatic rings. The summed E-state index contributed by atoms with van der Waals surface area (Å²) in [6, 6.07) is 9.72. The molecule has 0 spiro atoms. The Morgan fingerprint density at radius 3 is 2.71 bits per heavy atom. The number of nitrogens with zero attached hydrogens (tertiary/aromatic N) is 4. The van der Waals surface area contributed by atoms with Gasteiger partial charge in [-0.3, -0.25) is 4.79 Å². The minimum absolute atomic E-state index is 0.0386. The Morgan fingerprint density at radius 1 is 1.21 bits per heavy atom. The standard InChI is InChI=1S/C17H17N5O2/c1-2-3-9-17(21-22-17)10-11-18-15(23)16-20-19-14(24-16)12-13-7-5-4-6-8-13/h1,4-8H,3,9-12H2,(H,18,23). The zero-order valence-corrected chi connectivity index (χ0v) is 13.1. The summed E-state index contributed by atoms with van der Waals surface area (Å²) in [6.45, 7) is 0.423. The number of terminal acetylenes is 1. The summed E-state index contributed by atoms with van der Waals surface area (Å²) < 4.78 is 5.40. The van der Waals surface area contributed by atoms with Crippen LogP contribution in [0.2, 0.25) is 0 Å². The van der Waals surface area contributed by atoms with E-state index in [1.54, 1.807) is 0 Å². The van der Waals surface area contributed by atoms with Gasteiger partial charge in [0.2, 0.25) is 5.89 Å². The minimum atomic E-state index is -0.410. The van der Waals surface area contributed by atoms with Crippen LogP contribution in [0.1, 0.15) is 41.4 Å². The van der Waals surface area contributed by atoms with Crippen molar-refractivity contribution in [1.29, 1.82) is 0 Å². The Morgan fingerprint density at radius 2 is 2.00 bits per heavy atom. The summed E-state index contributed by atoms with van der Waals surface area (Å²) in [6.07, 6.45) is 7.68. The number of carbonyl (C=O) groups is 1. The first kappa shape index (κ1) is 15.9. The smallest absolute Gasteiger partial charge is 0.308 e. The van der Waals surface area contributed by atoms with Crippen molar-refractivity contribution in [2.45, 2.75) is 31.3 Å². The Hall–Kier alpha value is -3.01. The molecule has 2 heterocycles. The zero-order valence-electron chi connectivity index (χ0n) is 13.1. The number of hydrogen-bond acceptors (Lipinski definition) is 6. The third-order valence-electron chi connectivity index (χ3n) is 3.72. The number of rotatable bonds is 8. The molecule has 1 aliphatic rings. The number of benzene rings is 1. The van der Waals surface area contributed by atoms with E-state index < -0.39 is 11.6 Å². The van der Waals surface area contributed by atoms with Gasteiger partial charge in [-0.05, 0) is 5.56 Å². The molecular formula is C17H17N5O2. The SMILES string of the molecule is C#CCCC1(CCNC(=O)c2nnc(Cc3ccccc3)o2)N=N1. The highest BCUT2D eigenvalue weighted by Crippen LogP contribution is 2.35. The number of carbonyl (C=O) groups excluding carboxylic acids is 1. The summed E-state index contributed by atoms with van der Waals surface area (Å²) in [7, 11) is 0. The van der Waals surface area contributed by atoms with E-state index >= 15 is 0 Å². The molecule has 0 unspecified atom stereocenters. The monoisotopic (exact) mass is 323 g/mol. The predicted octanol–water partition coefficient (Wildman–Crippen LogP) is 2.36. The molecule has 1 aromatic carbocycles. The van der Waals surface area contributed by atoms with Gasteiger partial charge in [0.1, 0.15) is 0 Å². The largest absolute Gasteiger partial charge is 0.417 e. The Bertz CT molecular complexity index is 770. The molecule has 7 nitrogen and oxygen atoms in total. The summed E-state index contributed by atoms with van der Waals surface area (Å²) in [4.78, 5) is 12.0. The van der Waals surface area contributed by atoms with Crippen molar-refractivity contribution in [3.63, 3.8) is 0 Å². The predicted molar refractivity (Wildman–Crippen MR) is 86.2 cm³/mol. The zero-order chi connectivity index (χ0) is 16.8. The van der Waals surface area contributed by atoms with E-state index in [0.29, 0.717) is 38.1 Å². The van der Waals surface area contributed by atoms with Gasteiger partial charge in [0.05, 0.1) is 6.42 Å². The Labute approximate surface area is 139 Å². The van der Waals surface area contributed by atoms with Gasteiger partial charge in [-0.25, -0.2) is 0 Å². The van der Waals surface area contributed by atoms with Crippen LogP contribution >= 0.6 is 0 Å². The van der Waals surface area contributed by atoms with E-state index in [9.17, 15) is 4.79 Å². The van der Waals surface area contributed by atoms with Crippen LogP contribution in [0, 0.1) is 12.3 Å². The number of hydrogen-bond donors (Lipinski definition) is 1. The first-order valence-electron chi connectivity index (χ1n) is 7.73. The van der Waals surface area contributed by atoms with Gasteiger partial charge >= 0.3 is 11.8 Å². The molecule has 1 aromatic heterocycles. The first-order chi connectivity index (χ1) is 11.7. The average molecular weight is 323 g/mol. The second-order valence-electron chi connectivity index (χ2n) is 5.56. The van der Waals surface area contributed by atoms with Crippen molar-refractivity contribution in [3.05, 3.63) is 47.7 Å². The lowest BCUT2D eigenvalue weighted by Crippen LogP contribution is -2.28. The third-order valence-corrected chi connectivity index (χ3v) is 3.72. The van der Waals surface area contributed by atoms with Gasteiger partial charge in [0.25, 0.3) is 0 Å². The molecule has 3 rings (SSSR count). The van der Waals surface area contributed by atoms with Crippen molar-refractivity contribution in [2.24, 2.45) is 10.2 Å². The molecule has 1 amide bonds. The van der Waals surface area contributed by atoms with Crippen molar-refractivity contribution in [3.8, 4) is 12.3 Å². The molecule has 0 fully saturated rings. The molecule has 1 aliphatic heterocycles. The van der Waals surface area contributed by atoms with Crippen molar-refractivity contribution in [2.75, 3.05) is 6.54 Å². The van der Waals surface area contributed by atoms with E-state index in [1.807, 2.05) is 30.3 Å². The van der Waals surface area contributed by atoms with Gasteiger partial charge in [-0.1, -0.05) is 30.3 Å². The van der Waals surface area contributed by atoms with Gasteiger partial charge in [0.15, 0.2) is 5.66 Å². The van der Waals surface area contributed by atoms with Crippen LogP contribution in [0.25, 0.3) is 0 Å². The molecular weight excluding hydrogens is 306 g/mol. The van der Waals surface area contributed by atoms with E-state index in [-0.39, 0.29) is 5.89 Å². The quantitative estimate of drug-likeness (QED) is 0.755. The fraction of sp³-hybridized carbons (Fsp3) is 0.353. The van der Waals surface area contributed by atoms with Gasteiger partial charge in [-0.2, -0.15) is 10.2 Å². The molecule has 0 aliphatic carbocycles. The molecule has 0 radical (unpaired) electrons. The normalized spacial score (nSPS) is 14.1. The highest BCUT2D eigenvalue weighted by atomic mass is 16.4. The fourth-order valence-electron chi connectivity index (χ4n) is 2.31. The van der Waals surface area contributed by atoms with Crippen LogP contribution in [0.5, 0.6) is 0 Å². The maximum Gasteiger partial charge on any atom is 0.308 e. The Balaban J connectivity index is 1.47. The Kier molecular flexibility index (Phi) is 4.66. The third kappa shape index (κ3) is 4.04. The lowest BCUT2D eigenvalue weighted by Gasteiger charge is -2.08. The first-order valence-corrected chi connectivity index (χ1v) is 7.73. The number of nitrogens with one attached hydrogen (secondary N) is 1. The molecule has 7 heteroatoms. The maximum absolute atomic E-state index is 12.0. The summed E-state index contributed by atoms with van der Waals surface area (Å²) >= 11 is 0. The van der Waals surface area contributed by atoms with Crippen LogP contribution in [0.15, 0.2) is 45.0 Å². The lowest BCUT2D eigenvalue weighted by molar-refractivity contribution is 0.0915. The van der Waals surface area contributed by atoms with Crippen LogP contribution in [0.3, 0.4) is 0 Å². The average Bonchev–Trinajstić information content (AvgIpc) is 3.21. The van der Waals surface area contributed by atoms with E-state index in [0.717, 1.165) is 5.56 Å². The van der Waals surface area contributed by atoms with Crippen molar-refractivity contribution < 1.29 is 9.21 Å². The van der Waals surface area contributed by atoms with Crippen molar-refractivity contribution in [1.82, 2.24) is 15.5 Å². The summed E-state index contributed by atoms with van der Waals surface area (Å²) in [5.74, 6) is 2.54. The van der Waals surface area contributed by atoms with Crippen LogP contribution in [-0.2, 0) is 6.42 Å². The number of amides is 1. The second kappa shape index (κ2) is 7.04. The molecule has 122 valence electrons. The minimum Gasteiger partial charge on any atom is -0.417 e. The number of aromatic nitrogens is 2. The highest BCUT2D eigenvalue weighted by molar-refractivity contribution is 5.89. The lowest BCUT2D eigenvalue weighted by atomic mass is 10.0. The highest BCUT2D eigenvalue weighted by Gasteiger charge is 2.38. The fourth-order valence-corrected chi connectivity index (χ4v) is 2.31. The molecule has 1 N–H and O–H groups in total. The summed E-state index contributed by atoms with van der Waals surface area (Å²) in [5.41, 5.74) is 0.632. The van der Waals surface area contributed by atoms with Gasteiger partial charge in [-0.15, -0.1) is 22.5 Å². The van der Waals surface area contributed by atoms with E-state index in [2.05, 4.69) is 31.7 Å². The van der Waals surface area contributed by atoms with Crippen LogP contribution in [0.4, 0.5) is 0 Å². The van der Waals surface area contributed by atoms with Crippen LogP contribution < -0.4 is 5.32 Å². The van der Waals surface area contributed by atoms with Gasteiger partial charge < -0.3 is 9.73 Å². The second-order valence-corrected chi connectivity index (χ2v) is 5.56. The van der Waals surface area contributed by atoms with Crippen molar-refractivity contribution >= 4 is 5.91 Å². The molecule has 24 heavy (non-hydrogen) atoms. The van der Waals surface area contributed by atoms with E-state index in [4.69, 9.17) is 10.8 Å². The molecule has 0 bridgehead atoms. The maximum atomic E-state index is 12.0. The molecule has 0 atom stereocenters.